The molecule has 1 nitrogen and oxygen atoms in total. The van der Waals surface area contributed by atoms with Gasteiger partial charge in [0.2, 0.25) is 0 Å². The number of rotatable bonds is 3. The van der Waals surface area contributed by atoms with Crippen molar-refractivity contribution < 1.29 is 0 Å². The highest BCUT2D eigenvalue weighted by Crippen LogP contribution is 2.53. The first-order chi connectivity index (χ1) is 8.19. The SMILES string of the molecule is CNC(c1cc(Cl)sc1Cl)C1CC2CCC1C2. The number of thiophene rings is 1. The fourth-order valence-electron chi connectivity index (χ4n) is 3.87. The zero-order valence-corrected chi connectivity index (χ0v) is 12.2. The van der Waals surface area contributed by atoms with Gasteiger partial charge in [0.1, 0.15) is 0 Å². The Morgan fingerprint density at radius 3 is 2.65 bits per heavy atom. The van der Waals surface area contributed by atoms with Crippen LogP contribution in [0.15, 0.2) is 6.07 Å². The van der Waals surface area contributed by atoms with Gasteiger partial charge in [0.25, 0.3) is 0 Å². The van der Waals surface area contributed by atoms with Gasteiger partial charge in [-0.05, 0) is 50.1 Å². The van der Waals surface area contributed by atoms with Gasteiger partial charge < -0.3 is 5.32 Å². The molecule has 2 aliphatic carbocycles. The van der Waals surface area contributed by atoms with Crippen LogP contribution in [-0.4, -0.2) is 7.05 Å². The molecule has 2 bridgehead atoms. The zero-order chi connectivity index (χ0) is 12.0. The Bertz CT molecular complexity index is 418. The third-order valence-electron chi connectivity index (χ3n) is 4.55. The van der Waals surface area contributed by atoms with E-state index in [1.807, 2.05) is 13.1 Å². The van der Waals surface area contributed by atoms with Crippen molar-refractivity contribution in [3.63, 3.8) is 0 Å². The molecule has 1 aromatic heterocycles. The van der Waals surface area contributed by atoms with Crippen molar-refractivity contribution in [2.24, 2.45) is 17.8 Å². The summed E-state index contributed by atoms with van der Waals surface area (Å²) in [6.07, 6.45) is 5.64. The lowest BCUT2D eigenvalue weighted by Crippen LogP contribution is -2.28. The van der Waals surface area contributed by atoms with Crippen molar-refractivity contribution >= 4 is 34.5 Å². The van der Waals surface area contributed by atoms with E-state index in [0.29, 0.717) is 6.04 Å². The van der Waals surface area contributed by atoms with Gasteiger partial charge in [0.15, 0.2) is 0 Å². The Balaban J connectivity index is 1.86. The molecule has 4 heteroatoms. The minimum atomic E-state index is 0.390. The Hall–Kier alpha value is 0.240. The molecule has 0 radical (unpaired) electrons. The van der Waals surface area contributed by atoms with Crippen LogP contribution in [0, 0.1) is 17.8 Å². The van der Waals surface area contributed by atoms with E-state index in [9.17, 15) is 0 Å². The molecule has 0 spiro atoms. The predicted molar refractivity (Wildman–Crippen MR) is 75.1 cm³/mol. The van der Waals surface area contributed by atoms with Crippen LogP contribution in [0.3, 0.4) is 0 Å². The highest BCUT2D eigenvalue weighted by atomic mass is 35.5. The molecule has 0 saturated heterocycles. The lowest BCUT2D eigenvalue weighted by Gasteiger charge is -2.30. The molecule has 17 heavy (non-hydrogen) atoms. The summed E-state index contributed by atoms with van der Waals surface area (Å²) < 4.78 is 1.66. The fraction of sp³-hybridized carbons (Fsp3) is 0.692. The molecule has 1 heterocycles. The minimum Gasteiger partial charge on any atom is -0.313 e. The molecule has 0 aliphatic heterocycles. The number of hydrogen-bond donors (Lipinski definition) is 1. The topological polar surface area (TPSA) is 12.0 Å². The highest BCUT2D eigenvalue weighted by Gasteiger charge is 2.43. The lowest BCUT2D eigenvalue weighted by atomic mass is 9.81. The van der Waals surface area contributed by atoms with Crippen molar-refractivity contribution in [2.75, 3.05) is 7.05 Å². The Morgan fingerprint density at radius 1 is 1.35 bits per heavy atom. The molecule has 1 N–H and O–H groups in total. The first-order valence-corrected chi connectivity index (χ1v) is 7.88. The third kappa shape index (κ3) is 2.14. The van der Waals surface area contributed by atoms with E-state index in [4.69, 9.17) is 23.2 Å². The van der Waals surface area contributed by atoms with E-state index in [2.05, 4.69) is 5.32 Å². The van der Waals surface area contributed by atoms with Gasteiger partial charge in [-0.25, -0.2) is 0 Å². The van der Waals surface area contributed by atoms with E-state index in [0.717, 1.165) is 26.4 Å². The van der Waals surface area contributed by atoms with Crippen LogP contribution in [0.5, 0.6) is 0 Å². The van der Waals surface area contributed by atoms with Crippen LogP contribution < -0.4 is 5.32 Å². The van der Waals surface area contributed by atoms with Crippen LogP contribution in [0.1, 0.15) is 37.3 Å². The monoisotopic (exact) mass is 289 g/mol. The van der Waals surface area contributed by atoms with Gasteiger partial charge in [-0.2, -0.15) is 0 Å². The molecular formula is C13H17Cl2NS. The van der Waals surface area contributed by atoms with E-state index in [1.54, 1.807) is 0 Å². The van der Waals surface area contributed by atoms with E-state index in [-0.39, 0.29) is 0 Å². The predicted octanol–water partition coefficient (Wildman–Crippen LogP) is 4.75. The minimum absolute atomic E-state index is 0.390. The number of fused-ring (bicyclic) bond motifs is 2. The van der Waals surface area contributed by atoms with Gasteiger partial charge in [-0.3, -0.25) is 0 Å². The second kappa shape index (κ2) is 4.73. The second-order valence-electron chi connectivity index (χ2n) is 5.38. The Kier molecular flexibility index (Phi) is 3.42. The molecule has 0 aromatic carbocycles. The summed E-state index contributed by atoms with van der Waals surface area (Å²) in [6, 6.07) is 2.43. The normalized spacial score (nSPS) is 33.2. The van der Waals surface area contributed by atoms with Crippen molar-refractivity contribution in [2.45, 2.75) is 31.7 Å². The molecule has 4 unspecified atom stereocenters. The molecule has 2 aliphatic rings. The Morgan fingerprint density at radius 2 is 2.18 bits per heavy atom. The molecule has 2 fully saturated rings. The Labute approximate surface area is 117 Å². The van der Waals surface area contributed by atoms with Crippen LogP contribution >= 0.6 is 34.5 Å². The maximum Gasteiger partial charge on any atom is 0.0992 e. The summed E-state index contributed by atoms with van der Waals surface area (Å²) in [5, 5.41) is 3.46. The average molecular weight is 290 g/mol. The van der Waals surface area contributed by atoms with Crippen LogP contribution in [0.4, 0.5) is 0 Å². The maximum atomic E-state index is 6.29. The molecule has 0 amide bonds. The maximum absolute atomic E-state index is 6.29. The largest absolute Gasteiger partial charge is 0.313 e. The number of nitrogens with one attached hydrogen (secondary N) is 1. The standard InChI is InChI=1S/C13H17Cl2NS/c1-16-12(10-6-11(14)17-13(10)15)9-5-7-2-3-8(9)4-7/h6-9,12,16H,2-5H2,1H3. The fourth-order valence-corrected chi connectivity index (χ4v) is 5.42. The van der Waals surface area contributed by atoms with Gasteiger partial charge in [-0.1, -0.05) is 29.6 Å². The first kappa shape index (κ1) is 12.3. The summed E-state index contributed by atoms with van der Waals surface area (Å²) in [5.41, 5.74) is 1.21. The number of hydrogen-bond acceptors (Lipinski definition) is 2. The van der Waals surface area contributed by atoms with Crippen molar-refractivity contribution in [3.8, 4) is 0 Å². The van der Waals surface area contributed by atoms with Gasteiger partial charge in [0.05, 0.1) is 8.67 Å². The molecular weight excluding hydrogens is 273 g/mol. The average Bonchev–Trinajstić information content (AvgIpc) is 2.96. The summed E-state index contributed by atoms with van der Waals surface area (Å²) in [7, 11) is 2.04. The molecule has 3 rings (SSSR count). The second-order valence-corrected chi connectivity index (χ2v) is 7.67. The lowest BCUT2D eigenvalue weighted by molar-refractivity contribution is 0.260. The van der Waals surface area contributed by atoms with E-state index < -0.39 is 0 Å². The van der Waals surface area contributed by atoms with Crippen LogP contribution in [-0.2, 0) is 0 Å². The quantitative estimate of drug-likeness (QED) is 0.847. The molecule has 2 saturated carbocycles. The number of halogens is 2. The van der Waals surface area contributed by atoms with Crippen LogP contribution in [0.25, 0.3) is 0 Å². The van der Waals surface area contributed by atoms with Gasteiger partial charge in [-0.15, -0.1) is 11.3 Å². The van der Waals surface area contributed by atoms with Crippen molar-refractivity contribution in [1.29, 1.82) is 0 Å². The molecule has 4 atom stereocenters. The summed E-state index contributed by atoms with van der Waals surface area (Å²) in [5.74, 6) is 2.61. The van der Waals surface area contributed by atoms with Crippen molar-refractivity contribution in [3.05, 3.63) is 20.3 Å². The highest BCUT2D eigenvalue weighted by molar-refractivity contribution is 7.20. The van der Waals surface area contributed by atoms with Crippen LogP contribution in [0.2, 0.25) is 8.67 Å². The zero-order valence-electron chi connectivity index (χ0n) is 9.88. The third-order valence-corrected chi connectivity index (χ3v) is 6.07. The summed E-state index contributed by atoms with van der Waals surface area (Å²) >= 11 is 13.8. The first-order valence-electron chi connectivity index (χ1n) is 6.31. The van der Waals surface area contributed by atoms with Crippen molar-refractivity contribution in [1.82, 2.24) is 5.32 Å². The molecule has 94 valence electrons. The van der Waals surface area contributed by atoms with E-state index in [1.165, 1.54) is 42.6 Å². The van der Waals surface area contributed by atoms with Gasteiger partial charge in [0, 0.05) is 11.6 Å². The summed E-state index contributed by atoms with van der Waals surface area (Å²) in [6.45, 7) is 0. The summed E-state index contributed by atoms with van der Waals surface area (Å²) in [4.78, 5) is 0. The molecule has 1 aromatic rings. The smallest absolute Gasteiger partial charge is 0.0992 e. The van der Waals surface area contributed by atoms with E-state index >= 15 is 0 Å². The van der Waals surface area contributed by atoms with Gasteiger partial charge >= 0.3 is 0 Å².